The number of piperidine rings is 1. The fourth-order valence-electron chi connectivity index (χ4n) is 3.71. The lowest BCUT2D eigenvalue weighted by Gasteiger charge is -2.30. The van der Waals surface area contributed by atoms with Gasteiger partial charge in [0.1, 0.15) is 13.2 Å². The van der Waals surface area contributed by atoms with Gasteiger partial charge in [-0.1, -0.05) is 6.07 Å². The number of hydrogen-bond donors (Lipinski definition) is 1. The Morgan fingerprint density at radius 1 is 1.08 bits per heavy atom. The molecule has 4 rings (SSSR count). The van der Waals surface area contributed by atoms with E-state index in [1.165, 1.54) is 0 Å². The highest BCUT2D eigenvalue weighted by molar-refractivity contribution is 5.83. The van der Waals surface area contributed by atoms with Crippen LogP contribution in [0.1, 0.15) is 30.7 Å². The molecule has 1 saturated carbocycles. The van der Waals surface area contributed by atoms with E-state index in [1.54, 1.807) is 0 Å². The molecule has 6 nitrogen and oxygen atoms in total. The Morgan fingerprint density at radius 2 is 1.79 bits per heavy atom. The largest absolute Gasteiger partial charge is 0.486 e. The second-order valence-electron chi connectivity index (χ2n) is 6.79. The Labute approximate surface area is 140 Å². The molecule has 0 aromatic heterocycles. The van der Waals surface area contributed by atoms with Crippen LogP contribution in [0.5, 0.6) is 11.5 Å². The summed E-state index contributed by atoms with van der Waals surface area (Å²) < 4.78 is 11.1. The van der Waals surface area contributed by atoms with Gasteiger partial charge in [-0.05, 0) is 42.9 Å². The number of hydrogen-bond acceptors (Lipinski definition) is 4. The highest BCUT2D eigenvalue weighted by atomic mass is 16.6. The summed E-state index contributed by atoms with van der Waals surface area (Å²) in [4.78, 5) is 25.5. The van der Waals surface area contributed by atoms with Crippen molar-refractivity contribution in [1.82, 2.24) is 4.90 Å². The first-order chi connectivity index (χ1) is 11.6. The molecule has 2 unspecified atom stereocenters. The summed E-state index contributed by atoms with van der Waals surface area (Å²) in [6, 6.07) is 5.92. The average molecular weight is 331 g/mol. The van der Waals surface area contributed by atoms with Gasteiger partial charge < -0.3 is 19.5 Å². The molecule has 2 aliphatic heterocycles. The zero-order chi connectivity index (χ0) is 16.7. The van der Waals surface area contributed by atoms with Crippen molar-refractivity contribution < 1.29 is 24.2 Å². The molecule has 1 N–H and O–H groups in total. The maximum absolute atomic E-state index is 12.6. The third-order valence-electron chi connectivity index (χ3n) is 5.26. The van der Waals surface area contributed by atoms with Crippen LogP contribution in [0.15, 0.2) is 18.2 Å². The highest BCUT2D eigenvalue weighted by Crippen LogP contribution is 2.50. The monoisotopic (exact) mass is 331 g/mol. The number of likely N-dealkylation sites (tertiary alicyclic amines) is 1. The SMILES string of the molecule is O=C(O)C1CCN(C(=O)C2CC2c2ccc3c(c2)OCCO3)CC1. The van der Waals surface area contributed by atoms with Crippen LogP contribution in [-0.4, -0.2) is 48.2 Å². The predicted molar refractivity (Wildman–Crippen MR) is 85.2 cm³/mol. The van der Waals surface area contributed by atoms with Gasteiger partial charge in [-0.3, -0.25) is 9.59 Å². The lowest BCUT2D eigenvalue weighted by Crippen LogP contribution is -2.41. The lowest BCUT2D eigenvalue weighted by atomic mass is 9.96. The van der Waals surface area contributed by atoms with Crippen molar-refractivity contribution in [2.24, 2.45) is 11.8 Å². The molecule has 2 heterocycles. The molecule has 0 bridgehead atoms. The quantitative estimate of drug-likeness (QED) is 0.915. The molecule has 0 radical (unpaired) electrons. The molecule has 6 heteroatoms. The molecule has 1 aromatic rings. The van der Waals surface area contributed by atoms with Crippen LogP contribution in [0.2, 0.25) is 0 Å². The van der Waals surface area contributed by atoms with E-state index in [2.05, 4.69) is 0 Å². The van der Waals surface area contributed by atoms with Gasteiger partial charge in [0.25, 0.3) is 0 Å². The molecular formula is C18H21NO5. The molecule has 1 aromatic carbocycles. The number of amides is 1. The zero-order valence-electron chi connectivity index (χ0n) is 13.4. The minimum absolute atomic E-state index is 0.0222. The molecule has 0 spiro atoms. The molecule has 128 valence electrons. The van der Waals surface area contributed by atoms with Gasteiger partial charge in [-0.25, -0.2) is 0 Å². The molecule has 1 amide bonds. The van der Waals surface area contributed by atoms with E-state index in [0.717, 1.165) is 23.5 Å². The van der Waals surface area contributed by atoms with Crippen molar-refractivity contribution in [3.05, 3.63) is 23.8 Å². The van der Waals surface area contributed by atoms with Gasteiger partial charge >= 0.3 is 5.97 Å². The zero-order valence-corrected chi connectivity index (χ0v) is 13.4. The van der Waals surface area contributed by atoms with Gasteiger partial charge in [0.05, 0.1) is 5.92 Å². The minimum atomic E-state index is -0.748. The van der Waals surface area contributed by atoms with E-state index in [4.69, 9.17) is 14.6 Å². The number of carbonyl (C=O) groups excluding carboxylic acids is 1. The topological polar surface area (TPSA) is 76.1 Å². The summed E-state index contributed by atoms with van der Waals surface area (Å²) in [5.41, 5.74) is 1.12. The Morgan fingerprint density at radius 3 is 2.50 bits per heavy atom. The van der Waals surface area contributed by atoms with Crippen molar-refractivity contribution in [3.8, 4) is 11.5 Å². The van der Waals surface area contributed by atoms with Crippen LogP contribution in [0, 0.1) is 11.8 Å². The van der Waals surface area contributed by atoms with Crippen molar-refractivity contribution in [2.75, 3.05) is 26.3 Å². The molecule has 1 aliphatic carbocycles. The number of carboxylic acid groups (broad SMARTS) is 1. The number of aliphatic carboxylic acids is 1. The summed E-state index contributed by atoms with van der Waals surface area (Å²) in [6.45, 7) is 2.24. The summed E-state index contributed by atoms with van der Waals surface area (Å²) in [7, 11) is 0. The van der Waals surface area contributed by atoms with Crippen LogP contribution in [-0.2, 0) is 9.59 Å². The lowest BCUT2D eigenvalue weighted by molar-refractivity contribution is -0.146. The summed E-state index contributed by atoms with van der Waals surface area (Å²) >= 11 is 0. The second-order valence-corrected chi connectivity index (χ2v) is 6.79. The van der Waals surface area contributed by atoms with Crippen LogP contribution in [0.3, 0.4) is 0 Å². The Hall–Kier alpha value is -2.24. The standard InChI is InChI=1S/C18H21NO5/c20-17(19-5-3-11(4-6-19)18(21)22)14-10-13(14)12-1-2-15-16(9-12)24-8-7-23-15/h1-2,9,11,13-14H,3-8,10H2,(H,21,22). The van der Waals surface area contributed by atoms with Crippen molar-refractivity contribution in [2.45, 2.75) is 25.2 Å². The van der Waals surface area contributed by atoms with E-state index in [9.17, 15) is 9.59 Å². The van der Waals surface area contributed by atoms with E-state index in [-0.39, 0.29) is 23.7 Å². The number of carboxylic acids is 1. The first-order valence-corrected chi connectivity index (χ1v) is 8.54. The van der Waals surface area contributed by atoms with Gasteiger partial charge in [0.2, 0.25) is 5.91 Å². The number of carbonyl (C=O) groups is 2. The van der Waals surface area contributed by atoms with Gasteiger partial charge in [0.15, 0.2) is 11.5 Å². The smallest absolute Gasteiger partial charge is 0.306 e. The molecule has 24 heavy (non-hydrogen) atoms. The Kier molecular flexibility index (Phi) is 3.82. The number of rotatable bonds is 3. The second kappa shape index (κ2) is 6.00. The number of benzene rings is 1. The third kappa shape index (κ3) is 2.81. The van der Waals surface area contributed by atoms with Crippen molar-refractivity contribution in [3.63, 3.8) is 0 Å². The van der Waals surface area contributed by atoms with Gasteiger partial charge in [0, 0.05) is 19.0 Å². The van der Waals surface area contributed by atoms with Crippen LogP contribution < -0.4 is 9.47 Å². The first kappa shape index (κ1) is 15.3. The van der Waals surface area contributed by atoms with E-state index >= 15 is 0 Å². The number of ether oxygens (including phenoxy) is 2. The highest BCUT2D eigenvalue weighted by Gasteiger charge is 2.46. The van der Waals surface area contributed by atoms with Crippen molar-refractivity contribution >= 4 is 11.9 Å². The number of nitrogens with zero attached hydrogens (tertiary/aromatic N) is 1. The molecule has 3 aliphatic rings. The van der Waals surface area contributed by atoms with Crippen LogP contribution >= 0.6 is 0 Å². The van der Waals surface area contributed by atoms with Gasteiger partial charge in [-0.2, -0.15) is 0 Å². The average Bonchev–Trinajstić information content (AvgIpc) is 3.41. The maximum atomic E-state index is 12.6. The first-order valence-electron chi connectivity index (χ1n) is 8.54. The normalized spacial score (nSPS) is 26.1. The molecule has 1 saturated heterocycles. The van der Waals surface area contributed by atoms with Crippen LogP contribution in [0.25, 0.3) is 0 Å². The fourth-order valence-corrected chi connectivity index (χ4v) is 3.71. The van der Waals surface area contributed by atoms with Gasteiger partial charge in [-0.15, -0.1) is 0 Å². The Bertz CT molecular complexity index is 665. The Balaban J connectivity index is 1.38. The fraction of sp³-hybridized carbons (Fsp3) is 0.556. The molecule has 2 fully saturated rings. The van der Waals surface area contributed by atoms with E-state index in [1.807, 2.05) is 23.1 Å². The third-order valence-corrected chi connectivity index (χ3v) is 5.26. The summed E-state index contributed by atoms with van der Waals surface area (Å²) in [6.07, 6.45) is 1.97. The summed E-state index contributed by atoms with van der Waals surface area (Å²) in [5.74, 6) is 0.908. The number of fused-ring (bicyclic) bond motifs is 1. The molecule has 2 atom stereocenters. The van der Waals surface area contributed by atoms with E-state index < -0.39 is 5.97 Å². The van der Waals surface area contributed by atoms with Crippen molar-refractivity contribution in [1.29, 1.82) is 0 Å². The summed E-state index contributed by atoms with van der Waals surface area (Å²) in [5, 5.41) is 9.05. The maximum Gasteiger partial charge on any atom is 0.306 e. The predicted octanol–water partition coefficient (Wildman–Crippen LogP) is 1.88. The minimum Gasteiger partial charge on any atom is -0.486 e. The van der Waals surface area contributed by atoms with Crippen LogP contribution in [0.4, 0.5) is 0 Å². The van der Waals surface area contributed by atoms with E-state index in [0.29, 0.717) is 39.1 Å². The molecular weight excluding hydrogens is 310 g/mol.